The van der Waals surface area contributed by atoms with Gasteiger partial charge < -0.3 is 15.2 Å². The Hall–Kier alpha value is -1.84. The van der Waals surface area contributed by atoms with Crippen LogP contribution in [0.15, 0.2) is 24.3 Å². The Kier molecular flexibility index (Phi) is 6.22. The second-order valence-corrected chi connectivity index (χ2v) is 5.31. The number of nitrogens with one attached hydrogen (secondary N) is 1. The van der Waals surface area contributed by atoms with Crippen LogP contribution >= 0.6 is 0 Å². The molecular formula is C16H22NO3-. The molecule has 110 valence electrons. The Morgan fingerprint density at radius 2 is 1.85 bits per heavy atom. The molecular weight excluding hydrogens is 254 g/mol. The van der Waals surface area contributed by atoms with Crippen LogP contribution in [0.5, 0.6) is 0 Å². The average Bonchev–Trinajstić information content (AvgIpc) is 2.38. The van der Waals surface area contributed by atoms with Gasteiger partial charge in [0, 0.05) is 24.0 Å². The second kappa shape index (κ2) is 7.68. The molecule has 0 spiro atoms. The molecule has 1 aromatic carbocycles. The van der Waals surface area contributed by atoms with E-state index in [1.54, 1.807) is 6.92 Å². The Balaban J connectivity index is 2.56. The van der Waals surface area contributed by atoms with E-state index in [2.05, 4.69) is 5.32 Å². The zero-order valence-corrected chi connectivity index (χ0v) is 12.3. The minimum Gasteiger partial charge on any atom is -0.550 e. The van der Waals surface area contributed by atoms with Gasteiger partial charge in [-0.3, -0.25) is 4.79 Å². The van der Waals surface area contributed by atoms with Crippen molar-refractivity contribution >= 4 is 17.6 Å². The van der Waals surface area contributed by atoms with E-state index < -0.39 is 11.9 Å². The first-order valence-electron chi connectivity index (χ1n) is 7.01. The lowest BCUT2D eigenvalue weighted by Crippen LogP contribution is -2.36. The van der Waals surface area contributed by atoms with Crippen LogP contribution in [0.25, 0.3) is 0 Å². The standard InChI is InChI=1S/C16H23NO3/c1-4-5-14(16(19)20)12(3)10-15(18)17-13-8-6-11(2)7-9-13/h6-9,12,14H,4-5,10H2,1-3H3,(H,17,18)(H,19,20)/p-1/t12-,14+/m0/s1. The molecule has 0 radical (unpaired) electrons. The number of carboxylic acid groups (broad SMARTS) is 1. The number of aryl methyl sites for hydroxylation is 1. The van der Waals surface area contributed by atoms with Crippen LogP contribution < -0.4 is 10.4 Å². The maximum atomic E-state index is 11.9. The van der Waals surface area contributed by atoms with Crippen molar-refractivity contribution in [2.75, 3.05) is 5.32 Å². The van der Waals surface area contributed by atoms with Crippen LogP contribution in [0.3, 0.4) is 0 Å². The molecule has 4 heteroatoms. The van der Waals surface area contributed by atoms with E-state index >= 15 is 0 Å². The molecule has 0 aliphatic heterocycles. The summed E-state index contributed by atoms with van der Waals surface area (Å²) < 4.78 is 0. The van der Waals surface area contributed by atoms with Crippen molar-refractivity contribution in [3.63, 3.8) is 0 Å². The van der Waals surface area contributed by atoms with Gasteiger partial charge in [0.15, 0.2) is 0 Å². The number of anilines is 1. The molecule has 20 heavy (non-hydrogen) atoms. The number of carbonyl (C=O) groups excluding carboxylic acids is 2. The lowest BCUT2D eigenvalue weighted by Gasteiger charge is -2.24. The Morgan fingerprint density at radius 3 is 2.35 bits per heavy atom. The van der Waals surface area contributed by atoms with Crippen LogP contribution in [0, 0.1) is 18.8 Å². The highest BCUT2D eigenvalue weighted by atomic mass is 16.4. The Bertz CT molecular complexity index is 453. The number of carboxylic acids is 1. The third-order valence-corrected chi connectivity index (χ3v) is 3.43. The highest BCUT2D eigenvalue weighted by Gasteiger charge is 2.20. The van der Waals surface area contributed by atoms with Crippen LogP contribution in [0.2, 0.25) is 0 Å². The number of benzene rings is 1. The smallest absolute Gasteiger partial charge is 0.224 e. The quantitative estimate of drug-likeness (QED) is 0.829. The molecule has 1 N–H and O–H groups in total. The zero-order valence-electron chi connectivity index (χ0n) is 12.3. The number of aliphatic carboxylic acids is 1. The predicted octanol–water partition coefficient (Wildman–Crippen LogP) is 2.13. The predicted molar refractivity (Wildman–Crippen MR) is 77.0 cm³/mol. The third-order valence-electron chi connectivity index (χ3n) is 3.43. The summed E-state index contributed by atoms with van der Waals surface area (Å²) in [6, 6.07) is 7.50. The topological polar surface area (TPSA) is 69.2 Å². The lowest BCUT2D eigenvalue weighted by atomic mass is 9.87. The fraction of sp³-hybridized carbons (Fsp3) is 0.500. The Morgan fingerprint density at radius 1 is 1.25 bits per heavy atom. The summed E-state index contributed by atoms with van der Waals surface area (Å²) in [5.41, 5.74) is 1.85. The highest BCUT2D eigenvalue weighted by Crippen LogP contribution is 2.21. The molecule has 0 bridgehead atoms. The van der Waals surface area contributed by atoms with E-state index in [1.807, 2.05) is 38.1 Å². The molecule has 2 atom stereocenters. The van der Waals surface area contributed by atoms with Gasteiger partial charge in [0.25, 0.3) is 0 Å². The first kappa shape index (κ1) is 16.2. The van der Waals surface area contributed by atoms with Gasteiger partial charge in [-0.25, -0.2) is 0 Å². The van der Waals surface area contributed by atoms with E-state index in [1.165, 1.54) is 0 Å². The van der Waals surface area contributed by atoms with Gasteiger partial charge in [0.05, 0.1) is 0 Å². The third kappa shape index (κ3) is 5.03. The van der Waals surface area contributed by atoms with E-state index in [0.717, 1.165) is 17.7 Å². The molecule has 1 amide bonds. The fourth-order valence-electron chi connectivity index (χ4n) is 2.23. The van der Waals surface area contributed by atoms with Crippen LogP contribution in [0.1, 0.15) is 38.7 Å². The molecule has 0 aromatic heterocycles. The summed E-state index contributed by atoms with van der Waals surface area (Å²) in [6.45, 7) is 5.68. The maximum absolute atomic E-state index is 11.9. The minimum atomic E-state index is -1.07. The second-order valence-electron chi connectivity index (χ2n) is 5.31. The number of rotatable bonds is 7. The first-order chi connectivity index (χ1) is 9.43. The summed E-state index contributed by atoms with van der Waals surface area (Å²) in [5.74, 6) is -2.03. The molecule has 0 aliphatic carbocycles. The summed E-state index contributed by atoms with van der Waals surface area (Å²) in [5, 5.41) is 13.8. The number of carbonyl (C=O) groups is 2. The van der Waals surface area contributed by atoms with Crippen molar-refractivity contribution in [1.82, 2.24) is 0 Å². The van der Waals surface area contributed by atoms with E-state index in [-0.39, 0.29) is 18.2 Å². The summed E-state index contributed by atoms with van der Waals surface area (Å²) in [7, 11) is 0. The molecule has 0 fully saturated rings. The molecule has 0 unspecified atom stereocenters. The minimum absolute atomic E-state index is 0.163. The van der Waals surface area contributed by atoms with Crippen LogP contribution in [0.4, 0.5) is 5.69 Å². The molecule has 0 heterocycles. The number of hydrogen-bond donors (Lipinski definition) is 1. The summed E-state index contributed by atoms with van der Waals surface area (Å²) in [6.07, 6.45) is 1.50. The molecule has 1 aromatic rings. The average molecular weight is 276 g/mol. The molecule has 0 saturated carbocycles. The monoisotopic (exact) mass is 276 g/mol. The molecule has 1 rings (SSSR count). The molecule has 0 aliphatic rings. The normalized spacial score (nSPS) is 13.6. The molecule has 0 saturated heterocycles. The van der Waals surface area contributed by atoms with Gasteiger partial charge in [0.2, 0.25) is 5.91 Å². The van der Waals surface area contributed by atoms with E-state index in [9.17, 15) is 14.7 Å². The van der Waals surface area contributed by atoms with Gasteiger partial charge in [-0.1, -0.05) is 38.0 Å². The lowest BCUT2D eigenvalue weighted by molar-refractivity contribution is -0.313. The van der Waals surface area contributed by atoms with Crippen LogP contribution in [-0.2, 0) is 9.59 Å². The van der Waals surface area contributed by atoms with Crippen molar-refractivity contribution < 1.29 is 14.7 Å². The summed E-state index contributed by atoms with van der Waals surface area (Å²) in [4.78, 5) is 23.0. The Labute approximate surface area is 120 Å². The van der Waals surface area contributed by atoms with Crippen molar-refractivity contribution in [1.29, 1.82) is 0 Å². The van der Waals surface area contributed by atoms with E-state index in [0.29, 0.717) is 6.42 Å². The number of amides is 1. The zero-order chi connectivity index (χ0) is 15.1. The van der Waals surface area contributed by atoms with Gasteiger partial charge in [-0.15, -0.1) is 0 Å². The summed E-state index contributed by atoms with van der Waals surface area (Å²) >= 11 is 0. The fourth-order valence-corrected chi connectivity index (χ4v) is 2.23. The van der Waals surface area contributed by atoms with Gasteiger partial charge >= 0.3 is 0 Å². The van der Waals surface area contributed by atoms with E-state index in [4.69, 9.17) is 0 Å². The van der Waals surface area contributed by atoms with Gasteiger partial charge in [0.1, 0.15) is 0 Å². The van der Waals surface area contributed by atoms with Crippen molar-refractivity contribution in [3.05, 3.63) is 29.8 Å². The van der Waals surface area contributed by atoms with Crippen molar-refractivity contribution in [3.8, 4) is 0 Å². The largest absolute Gasteiger partial charge is 0.550 e. The van der Waals surface area contributed by atoms with Gasteiger partial charge in [-0.2, -0.15) is 0 Å². The first-order valence-corrected chi connectivity index (χ1v) is 7.01. The highest BCUT2D eigenvalue weighted by molar-refractivity contribution is 5.91. The van der Waals surface area contributed by atoms with Crippen molar-refractivity contribution in [2.45, 2.75) is 40.0 Å². The van der Waals surface area contributed by atoms with Gasteiger partial charge in [-0.05, 0) is 31.4 Å². The number of hydrogen-bond acceptors (Lipinski definition) is 3. The molecule has 4 nitrogen and oxygen atoms in total. The maximum Gasteiger partial charge on any atom is 0.224 e. The SMILES string of the molecule is CCC[C@@H](C(=O)[O-])[C@@H](C)CC(=O)Nc1ccc(C)cc1. The van der Waals surface area contributed by atoms with Crippen LogP contribution in [-0.4, -0.2) is 11.9 Å². The van der Waals surface area contributed by atoms with Crippen molar-refractivity contribution in [2.24, 2.45) is 11.8 Å².